The zero-order chi connectivity index (χ0) is 34.0. The van der Waals surface area contributed by atoms with Crippen molar-refractivity contribution in [3.8, 4) is 5.75 Å². The number of ketones is 2. The molecular weight excluding hydrogens is 594 g/mol. The maximum atomic E-state index is 14.4. The Morgan fingerprint density at radius 1 is 1.11 bits per heavy atom. The van der Waals surface area contributed by atoms with Gasteiger partial charge < -0.3 is 30.5 Å². The van der Waals surface area contributed by atoms with E-state index in [2.05, 4.69) is 5.32 Å². The molecule has 0 bridgehead atoms. The molecule has 0 spiro atoms. The van der Waals surface area contributed by atoms with Gasteiger partial charge in [0.1, 0.15) is 28.9 Å². The van der Waals surface area contributed by atoms with Crippen LogP contribution in [0.25, 0.3) is 0 Å². The molecule has 1 fully saturated rings. The molecule has 5 N–H and O–H groups in total. The smallest absolute Gasteiger partial charge is 0.305 e. The van der Waals surface area contributed by atoms with Crippen LogP contribution in [0.15, 0.2) is 34.8 Å². The highest BCUT2D eigenvalue weighted by atomic mass is 16.5. The third kappa shape index (κ3) is 5.01. The van der Waals surface area contributed by atoms with Crippen LogP contribution in [0.3, 0.4) is 0 Å². The SMILES string of the molecule is CCC(=O)O[C@H]1[C@H]2C(=C(O)[C@]3(O)C(=O)C(C(=O)NCN4CCCC4)=C(O)[C@@H](N(C)C)[C@H]13)C(=O)c1c(ccc(C(C)(C)C)c1O)[C@@H]2C. The summed E-state index contributed by atoms with van der Waals surface area (Å²) < 4.78 is 5.94. The second-order valence-electron chi connectivity index (χ2n) is 14.2. The molecule has 12 heteroatoms. The summed E-state index contributed by atoms with van der Waals surface area (Å²) in [5.41, 5.74) is -3.76. The lowest BCUT2D eigenvalue weighted by Crippen LogP contribution is -2.69. The largest absolute Gasteiger partial charge is 0.510 e. The third-order valence-electron chi connectivity index (χ3n) is 10.1. The van der Waals surface area contributed by atoms with Gasteiger partial charge in [0.25, 0.3) is 5.91 Å². The van der Waals surface area contributed by atoms with Crippen LogP contribution in [0.5, 0.6) is 5.75 Å². The number of aromatic hydroxyl groups is 1. The first-order chi connectivity index (χ1) is 21.5. The summed E-state index contributed by atoms with van der Waals surface area (Å²) in [4.78, 5) is 58.6. The predicted molar refractivity (Wildman–Crippen MR) is 167 cm³/mol. The molecular formula is C34H45N3O9. The molecule has 46 heavy (non-hydrogen) atoms. The van der Waals surface area contributed by atoms with Crippen molar-refractivity contribution in [3.05, 3.63) is 51.5 Å². The summed E-state index contributed by atoms with van der Waals surface area (Å²) in [6, 6.07) is 2.17. The van der Waals surface area contributed by atoms with Crippen LogP contribution in [0, 0.1) is 11.8 Å². The first-order valence-electron chi connectivity index (χ1n) is 15.9. The highest BCUT2D eigenvalue weighted by Gasteiger charge is 2.68. The third-order valence-corrected chi connectivity index (χ3v) is 10.1. The van der Waals surface area contributed by atoms with E-state index in [0.29, 0.717) is 11.1 Å². The minimum atomic E-state index is -2.93. The van der Waals surface area contributed by atoms with Crippen LogP contribution < -0.4 is 5.32 Å². The number of nitrogens with one attached hydrogen (secondary N) is 1. The van der Waals surface area contributed by atoms with Crippen molar-refractivity contribution < 1.29 is 44.3 Å². The quantitative estimate of drug-likeness (QED) is 0.228. The van der Waals surface area contributed by atoms with E-state index in [1.54, 1.807) is 40.1 Å². The number of likely N-dealkylation sites (tertiary alicyclic amines) is 1. The number of aliphatic hydroxyl groups is 3. The van der Waals surface area contributed by atoms with Gasteiger partial charge in [-0.1, -0.05) is 46.8 Å². The number of aliphatic hydroxyl groups excluding tert-OH is 2. The van der Waals surface area contributed by atoms with Crippen LogP contribution in [-0.2, 0) is 24.5 Å². The van der Waals surface area contributed by atoms with Crippen LogP contribution in [0.4, 0.5) is 0 Å². The van der Waals surface area contributed by atoms with Crippen molar-refractivity contribution in [2.75, 3.05) is 33.9 Å². The van der Waals surface area contributed by atoms with E-state index in [4.69, 9.17) is 4.74 Å². The van der Waals surface area contributed by atoms with Gasteiger partial charge >= 0.3 is 5.97 Å². The first-order valence-corrected chi connectivity index (χ1v) is 15.9. The van der Waals surface area contributed by atoms with Crippen molar-refractivity contribution in [1.82, 2.24) is 15.1 Å². The van der Waals surface area contributed by atoms with E-state index >= 15 is 0 Å². The summed E-state index contributed by atoms with van der Waals surface area (Å²) in [5, 5.41) is 50.0. The maximum absolute atomic E-state index is 14.4. The lowest BCUT2D eigenvalue weighted by molar-refractivity contribution is -0.180. The number of carbonyl (C=O) groups excluding carboxylic acids is 4. The molecule has 1 aromatic carbocycles. The number of esters is 1. The Bertz CT molecular complexity index is 1550. The number of amides is 1. The van der Waals surface area contributed by atoms with Gasteiger partial charge in [0.2, 0.25) is 5.78 Å². The summed E-state index contributed by atoms with van der Waals surface area (Å²) >= 11 is 0. The number of phenolic OH excluding ortho intramolecular Hbond substituents is 1. The number of hydrogen-bond acceptors (Lipinski definition) is 11. The molecule has 0 radical (unpaired) electrons. The topological polar surface area (TPSA) is 177 Å². The number of ether oxygens (including phenoxy) is 1. The number of hydrogen-bond donors (Lipinski definition) is 5. The molecule has 0 aromatic heterocycles. The average molecular weight is 640 g/mol. The second kappa shape index (κ2) is 11.8. The van der Waals surface area contributed by atoms with Crippen LogP contribution >= 0.6 is 0 Å². The van der Waals surface area contributed by atoms with Crippen molar-refractivity contribution in [1.29, 1.82) is 0 Å². The molecule has 250 valence electrons. The molecule has 5 rings (SSSR count). The van der Waals surface area contributed by atoms with E-state index in [1.807, 2.05) is 25.7 Å². The fourth-order valence-corrected chi connectivity index (χ4v) is 7.77. The standard InChI is InChI=1S/C34H45N3O9/c1-8-19(38)46-29-20-16(2)17-11-12-18(33(3,4)5)26(39)21(17)27(40)22(20)30(42)34(45)24(29)25(36(6)7)28(41)23(31(34)43)32(44)35-15-37-13-9-10-14-37/h11-12,16,20,24-25,29,39,41-42,45H,8-10,13-15H2,1-7H3,(H,35,44)/t16-,20+,24+,25-,29-,34-/m0/s1. The van der Waals surface area contributed by atoms with Crippen LogP contribution in [0.2, 0.25) is 0 Å². The molecule has 1 heterocycles. The molecule has 4 aliphatic rings. The molecule has 0 unspecified atom stereocenters. The fraction of sp³-hybridized carbons (Fsp3) is 0.588. The Labute approximate surface area is 268 Å². The van der Waals surface area contributed by atoms with Crippen LogP contribution in [-0.4, -0.2) is 105 Å². The lowest BCUT2D eigenvalue weighted by Gasteiger charge is -2.54. The number of Topliss-reactive ketones (excluding diaryl/α,β-unsaturated/α-hetero) is 2. The predicted octanol–water partition coefficient (Wildman–Crippen LogP) is 2.60. The van der Waals surface area contributed by atoms with Crippen molar-refractivity contribution in [3.63, 3.8) is 0 Å². The summed E-state index contributed by atoms with van der Waals surface area (Å²) in [6.45, 7) is 10.5. The Morgan fingerprint density at radius 3 is 2.30 bits per heavy atom. The van der Waals surface area contributed by atoms with E-state index in [-0.39, 0.29) is 30.0 Å². The number of phenols is 1. The number of fused-ring (bicyclic) bond motifs is 3. The molecule has 1 aliphatic heterocycles. The minimum Gasteiger partial charge on any atom is -0.510 e. The second-order valence-corrected chi connectivity index (χ2v) is 14.2. The zero-order valence-corrected chi connectivity index (χ0v) is 27.5. The summed E-state index contributed by atoms with van der Waals surface area (Å²) in [7, 11) is 3.12. The highest BCUT2D eigenvalue weighted by Crippen LogP contribution is 2.57. The molecule has 3 aliphatic carbocycles. The normalized spacial score (nSPS) is 29.9. The molecule has 1 aromatic rings. The van der Waals surface area contributed by atoms with Gasteiger partial charge in [-0.05, 0) is 56.9 Å². The summed E-state index contributed by atoms with van der Waals surface area (Å²) in [6.07, 6.45) is 0.444. The van der Waals surface area contributed by atoms with Crippen LogP contribution in [0.1, 0.15) is 81.3 Å². The van der Waals surface area contributed by atoms with Crippen molar-refractivity contribution >= 4 is 23.4 Å². The van der Waals surface area contributed by atoms with Gasteiger partial charge in [0.05, 0.1) is 24.2 Å². The van der Waals surface area contributed by atoms with Crippen molar-refractivity contribution in [2.24, 2.45) is 11.8 Å². The average Bonchev–Trinajstić information content (AvgIpc) is 3.50. The van der Waals surface area contributed by atoms with Gasteiger partial charge in [-0.3, -0.25) is 29.0 Å². The Hall–Kier alpha value is -3.74. The van der Waals surface area contributed by atoms with Gasteiger partial charge in [-0.25, -0.2) is 0 Å². The van der Waals surface area contributed by atoms with E-state index in [0.717, 1.165) is 25.9 Å². The molecule has 1 amide bonds. The fourth-order valence-electron chi connectivity index (χ4n) is 7.77. The monoisotopic (exact) mass is 639 g/mol. The van der Waals surface area contributed by atoms with E-state index in [1.165, 1.54) is 4.90 Å². The molecule has 0 saturated carbocycles. The maximum Gasteiger partial charge on any atom is 0.305 e. The number of benzene rings is 1. The van der Waals surface area contributed by atoms with Crippen molar-refractivity contribution in [2.45, 2.75) is 83.0 Å². The minimum absolute atomic E-state index is 0.0689. The molecule has 12 nitrogen and oxygen atoms in total. The summed E-state index contributed by atoms with van der Waals surface area (Å²) in [5.74, 6) is -8.89. The Balaban J connectivity index is 1.74. The van der Waals surface area contributed by atoms with E-state index < -0.39 is 81.4 Å². The lowest BCUT2D eigenvalue weighted by atomic mass is 9.55. The van der Waals surface area contributed by atoms with Gasteiger partial charge in [-0.2, -0.15) is 0 Å². The molecule has 6 atom stereocenters. The molecule has 1 saturated heterocycles. The zero-order valence-electron chi connectivity index (χ0n) is 27.5. The number of carbonyl (C=O) groups is 4. The van der Waals surface area contributed by atoms with Gasteiger partial charge in [-0.15, -0.1) is 0 Å². The number of nitrogens with zero attached hydrogens (tertiary/aromatic N) is 2. The first kappa shape index (κ1) is 33.6. The van der Waals surface area contributed by atoms with E-state index in [9.17, 15) is 39.6 Å². The highest BCUT2D eigenvalue weighted by molar-refractivity contribution is 6.25. The van der Waals surface area contributed by atoms with Gasteiger partial charge in [0, 0.05) is 23.5 Å². The van der Waals surface area contributed by atoms with Gasteiger partial charge in [0.15, 0.2) is 11.4 Å². The Kier molecular flexibility index (Phi) is 8.63. The number of likely N-dealkylation sites (N-methyl/N-ethyl adjacent to an activating group) is 1. The number of rotatable bonds is 6. The Morgan fingerprint density at radius 2 is 1.74 bits per heavy atom.